The Morgan fingerprint density at radius 1 is 1.21 bits per heavy atom. The number of aryl methyl sites for hydroxylation is 1. The Morgan fingerprint density at radius 2 is 2.00 bits per heavy atom. The third-order valence-corrected chi connectivity index (χ3v) is 3.40. The maximum absolute atomic E-state index is 5.99. The van der Waals surface area contributed by atoms with E-state index in [0.29, 0.717) is 0 Å². The van der Waals surface area contributed by atoms with Gasteiger partial charge in [0.05, 0.1) is 11.6 Å². The zero-order valence-corrected chi connectivity index (χ0v) is 12.1. The molecular formula is C17H23NO. The molecule has 1 unspecified atom stereocenters. The average molecular weight is 257 g/mol. The average Bonchev–Trinajstić information content (AvgIpc) is 2.40. The van der Waals surface area contributed by atoms with E-state index in [1.54, 1.807) is 0 Å². The predicted molar refractivity (Wildman–Crippen MR) is 80.7 cm³/mol. The molecule has 102 valence electrons. The minimum Gasteiger partial charge on any atom is -0.474 e. The normalized spacial score (nSPS) is 12.6. The molecule has 19 heavy (non-hydrogen) atoms. The summed E-state index contributed by atoms with van der Waals surface area (Å²) in [7, 11) is 0. The van der Waals surface area contributed by atoms with E-state index in [1.807, 2.05) is 18.2 Å². The highest BCUT2D eigenvalue weighted by atomic mass is 16.5. The van der Waals surface area contributed by atoms with Gasteiger partial charge in [0.25, 0.3) is 0 Å². The van der Waals surface area contributed by atoms with Crippen molar-refractivity contribution in [3.8, 4) is 5.88 Å². The molecule has 0 saturated heterocycles. The Hall–Kier alpha value is -1.57. The Labute approximate surface area is 115 Å². The van der Waals surface area contributed by atoms with Crippen LogP contribution in [0, 0.1) is 6.92 Å². The van der Waals surface area contributed by atoms with Crippen molar-refractivity contribution in [2.45, 2.75) is 52.6 Å². The number of nitrogens with zero attached hydrogens (tertiary/aromatic N) is 1. The molecule has 0 aliphatic heterocycles. The zero-order valence-electron chi connectivity index (χ0n) is 12.1. The van der Waals surface area contributed by atoms with Crippen LogP contribution in [0.2, 0.25) is 0 Å². The second kappa shape index (κ2) is 6.55. The molecule has 0 fully saturated rings. The molecule has 1 aromatic heterocycles. The van der Waals surface area contributed by atoms with Crippen LogP contribution in [0.25, 0.3) is 10.9 Å². The maximum atomic E-state index is 5.99. The molecule has 0 radical (unpaired) electrons. The van der Waals surface area contributed by atoms with Crippen molar-refractivity contribution >= 4 is 10.9 Å². The molecule has 0 amide bonds. The van der Waals surface area contributed by atoms with Crippen molar-refractivity contribution in [1.29, 1.82) is 0 Å². The fourth-order valence-corrected chi connectivity index (χ4v) is 2.25. The van der Waals surface area contributed by atoms with Crippen LogP contribution in [0.3, 0.4) is 0 Å². The molecule has 1 heterocycles. The third-order valence-electron chi connectivity index (χ3n) is 3.40. The first-order valence-electron chi connectivity index (χ1n) is 7.23. The first kappa shape index (κ1) is 13.9. The number of hydrogen-bond donors (Lipinski definition) is 0. The number of rotatable bonds is 6. The Bertz CT molecular complexity index is 536. The minimum atomic E-state index is 0.235. The van der Waals surface area contributed by atoms with E-state index >= 15 is 0 Å². The molecule has 2 heteroatoms. The number of aromatic nitrogens is 1. The SMILES string of the molecule is CCCCCC(C)Oc1nc2ccccc2cc1C. The molecule has 2 rings (SSSR count). The highest BCUT2D eigenvalue weighted by Crippen LogP contribution is 2.23. The molecule has 1 atom stereocenters. The second-order valence-corrected chi connectivity index (χ2v) is 5.23. The Kier molecular flexibility index (Phi) is 4.78. The molecule has 0 saturated carbocycles. The van der Waals surface area contributed by atoms with Gasteiger partial charge in [0.15, 0.2) is 0 Å². The van der Waals surface area contributed by atoms with Crippen molar-refractivity contribution in [1.82, 2.24) is 4.98 Å². The Morgan fingerprint density at radius 3 is 2.79 bits per heavy atom. The van der Waals surface area contributed by atoms with Gasteiger partial charge in [-0.2, -0.15) is 0 Å². The largest absolute Gasteiger partial charge is 0.474 e. The van der Waals surface area contributed by atoms with E-state index in [0.717, 1.165) is 23.4 Å². The van der Waals surface area contributed by atoms with E-state index in [9.17, 15) is 0 Å². The third kappa shape index (κ3) is 3.69. The fourth-order valence-electron chi connectivity index (χ4n) is 2.25. The van der Waals surface area contributed by atoms with Crippen LogP contribution in [-0.4, -0.2) is 11.1 Å². The van der Waals surface area contributed by atoms with Gasteiger partial charge in [0.1, 0.15) is 0 Å². The van der Waals surface area contributed by atoms with Gasteiger partial charge >= 0.3 is 0 Å². The molecule has 0 aliphatic rings. The van der Waals surface area contributed by atoms with Gasteiger partial charge in [-0.15, -0.1) is 0 Å². The highest BCUT2D eigenvalue weighted by molar-refractivity contribution is 5.79. The van der Waals surface area contributed by atoms with Gasteiger partial charge in [-0.25, -0.2) is 4.98 Å². The quantitative estimate of drug-likeness (QED) is 0.687. The molecule has 1 aromatic carbocycles. The fraction of sp³-hybridized carbons (Fsp3) is 0.471. The van der Waals surface area contributed by atoms with E-state index < -0.39 is 0 Å². The van der Waals surface area contributed by atoms with E-state index in [-0.39, 0.29) is 6.10 Å². The van der Waals surface area contributed by atoms with Crippen molar-refractivity contribution < 1.29 is 4.74 Å². The highest BCUT2D eigenvalue weighted by Gasteiger charge is 2.09. The number of ether oxygens (including phenoxy) is 1. The van der Waals surface area contributed by atoms with Crippen LogP contribution in [0.4, 0.5) is 0 Å². The first-order valence-corrected chi connectivity index (χ1v) is 7.23. The lowest BCUT2D eigenvalue weighted by atomic mass is 10.1. The van der Waals surface area contributed by atoms with Crippen LogP contribution in [-0.2, 0) is 0 Å². The predicted octanol–water partition coefficient (Wildman–Crippen LogP) is 4.89. The van der Waals surface area contributed by atoms with Gasteiger partial charge < -0.3 is 4.74 Å². The number of fused-ring (bicyclic) bond motifs is 1. The number of hydrogen-bond acceptors (Lipinski definition) is 2. The van der Waals surface area contributed by atoms with Gasteiger partial charge in [-0.1, -0.05) is 38.0 Å². The summed E-state index contributed by atoms with van der Waals surface area (Å²) in [6.07, 6.45) is 5.09. The number of pyridine rings is 1. The zero-order chi connectivity index (χ0) is 13.7. The maximum Gasteiger partial charge on any atom is 0.217 e. The first-order chi connectivity index (χ1) is 9.20. The lowest BCUT2D eigenvalue weighted by molar-refractivity contribution is 0.197. The molecule has 2 nitrogen and oxygen atoms in total. The van der Waals surface area contributed by atoms with E-state index in [4.69, 9.17) is 4.74 Å². The van der Waals surface area contributed by atoms with Gasteiger partial charge in [0.2, 0.25) is 5.88 Å². The molecule has 0 spiro atoms. The molecule has 2 aromatic rings. The summed E-state index contributed by atoms with van der Waals surface area (Å²) in [4.78, 5) is 4.62. The number of para-hydroxylation sites is 1. The van der Waals surface area contributed by atoms with Crippen LogP contribution in [0.1, 0.15) is 45.1 Å². The monoisotopic (exact) mass is 257 g/mol. The molecule has 0 aliphatic carbocycles. The summed E-state index contributed by atoms with van der Waals surface area (Å²) in [5.41, 5.74) is 2.12. The second-order valence-electron chi connectivity index (χ2n) is 5.23. The molecular weight excluding hydrogens is 234 g/mol. The molecule has 0 N–H and O–H groups in total. The lowest BCUT2D eigenvalue weighted by Gasteiger charge is -2.15. The standard InChI is InChI=1S/C17H23NO/c1-4-5-6-9-14(3)19-17-13(2)12-15-10-7-8-11-16(15)18-17/h7-8,10-12,14H,4-6,9H2,1-3H3. The van der Waals surface area contributed by atoms with Crippen LogP contribution in [0.5, 0.6) is 5.88 Å². The van der Waals surface area contributed by atoms with Gasteiger partial charge in [0, 0.05) is 10.9 Å². The topological polar surface area (TPSA) is 22.1 Å². The summed E-state index contributed by atoms with van der Waals surface area (Å²) in [5.74, 6) is 0.780. The van der Waals surface area contributed by atoms with Crippen LogP contribution < -0.4 is 4.74 Å². The summed E-state index contributed by atoms with van der Waals surface area (Å²) < 4.78 is 5.99. The number of benzene rings is 1. The summed E-state index contributed by atoms with van der Waals surface area (Å²) in [6, 6.07) is 10.3. The van der Waals surface area contributed by atoms with Crippen molar-refractivity contribution in [2.75, 3.05) is 0 Å². The van der Waals surface area contributed by atoms with Gasteiger partial charge in [-0.3, -0.25) is 0 Å². The van der Waals surface area contributed by atoms with Crippen LogP contribution in [0.15, 0.2) is 30.3 Å². The Balaban J connectivity index is 2.09. The van der Waals surface area contributed by atoms with E-state index in [1.165, 1.54) is 24.6 Å². The smallest absolute Gasteiger partial charge is 0.217 e. The summed E-state index contributed by atoms with van der Waals surface area (Å²) in [6.45, 7) is 6.42. The van der Waals surface area contributed by atoms with Crippen molar-refractivity contribution in [3.63, 3.8) is 0 Å². The summed E-state index contributed by atoms with van der Waals surface area (Å²) >= 11 is 0. The summed E-state index contributed by atoms with van der Waals surface area (Å²) in [5, 5.41) is 1.17. The lowest BCUT2D eigenvalue weighted by Crippen LogP contribution is -2.13. The van der Waals surface area contributed by atoms with Crippen LogP contribution >= 0.6 is 0 Å². The van der Waals surface area contributed by atoms with Crippen molar-refractivity contribution in [2.24, 2.45) is 0 Å². The minimum absolute atomic E-state index is 0.235. The van der Waals surface area contributed by atoms with E-state index in [2.05, 4.69) is 37.9 Å². The number of unbranched alkanes of at least 4 members (excludes halogenated alkanes) is 2. The van der Waals surface area contributed by atoms with Crippen molar-refractivity contribution in [3.05, 3.63) is 35.9 Å². The molecule has 0 bridgehead atoms. The van der Waals surface area contributed by atoms with Gasteiger partial charge in [-0.05, 0) is 38.8 Å².